The zero-order chi connectivity index (χ0) is 19.3. The molecular formula is C18H21N5O3. The van der Waals surface area contributed by atoms with Gasteiger partial charge in [-0.05, 0) is 44.0 Å². The van der Waals surface area contributed by atoms with E-state index in [1.807, 2.05) is 45.0 Å². The minimum Gasteiger partial charge on any atom is -0.328 e. The van der Waals surface area contributed by atoms with Crippen LogP contribution in [0.15, 0.2) is 49.2 Å². The molecule has 8 nitrogen and oxygen atoms in total. The first-order chi connectivity index (χ1) is 12.2. The van der Waals surface area contributed by atoms with Crippen LogP contribution in [0.5, 0.6) is 0 Å². The molecule has 1 aromatic heterocycles. The summed E-state index contributed by atoms with van der Waals surface area (Å²) in [5, 5.41) is 13.5. The fourth-order valence-electron chi connectivity index (χ4n) is 2.25. The first kappa shape index (κ1) is 18.9. The van der Waals surface area contributed by atoms with Crippen LogP contribution in [0, 0.1) is 10.1 Å². The Bertz CT molecular complexity index is 831. The lowest BCUT2D eigenvalue weighted by atomic mass is 9.92. The number of nitrogens with one attached hydrogen (secondary N) is 3. The Hall–Kier alpha value is -3.42. The van der Waals surface area contributed by atoms with Crippen molar-refractivity contribution in [2.45, 2.75) is 26.3 Å². The smallest absolute Gasteiger partial charge is 0.328 e. The Labute approximate surface area is 151 Å². The monoisotopic (exact) mass is 355 g/mol. The third-order valence-corrected chi connectivity index (χ3v) is 3.77. The lowest BCUT2D eigenvalue weighted by Gasteiger charge is -2.27. The van der Waals surface area contributed by atoms with Crippen molar-refractivity contribution in [2.75, 3.05) is 5.43 Å². The molecule has 3 N–H and O–H groups in total. The number of nitro groups is 1. The molecule has 8 heteroatoms. The van der Waals surface area contributed by atoms with Crippen molar-refractivity contribution in [2.24, 2.45) is 0 Å². The van der Waals surface area contributed by atoms with Gasteiger partial charge in [0.05, 0.1) is 10.5 Å². The Morgan fingerprint density at radius 1 is 1.27 bits per heavy atom. The molecule has 2 rings (SSSR count). The molecule has 0 unspecified atom stereocenters. The summed E-state index contributed by atoms with van der Waals surface area (Å²) in [6, 6.07) is 10.0. The van der Waals surface area contributed by atoms with Crippen LogP contribution in [0.1, 0.15) is 31.9 Å². The molecule has 0 aliphatic heterocycles. The standard InChI is InChI=1S/C18H21N5O3/c1-12(2)13-6-5-7-14(10-13)18(3,4)20-17(24)22-21-16-9-8-15(11-19-16)23(25)26/h5-11H,1H2,2-4H3,(H,19,21)(H2,20,22,24). The summed E-state index contributed by atoms with van der Waals surface area (Å²) in [5.74, 6) is 0.285. The highest BCUT2D eigenvalue weighted by Gasteiger charge is 2.23. The second kappa shape index (κ2) is 7.64. The molecular weight excluding hydrogens is 334 g/mol. The average molecular weight is 355 g/mol. The molecule has 136 valence electrons. The number of allylic oxidation sites excluding steroid dienone is 1. The van der Waals surface area contributed by atoms with Crippen LogP contribution in [0.2, 0.25) is 0 Å². The van der Waals surface area contributed by atoms with Gasteiger partial charge in [-0.3, -0.25) is 21.0 Å². The number of carbonyl (C=O) groups is 1. The molecule has 0 radical (unpaired) electrons. The van der Waals surface area contributed by atoms with Crippen LogP contribution >= 0.6 is 0 Å². The third kappa shape index (κ3) is 4.79. The van der Waals surface area contributed by atoms with Crippen molar-refractivity contribution in [3.8, 4) is 0 Å². The number of benzene rings is 1. The minimum absolute atomic E-state index is 0.126. The fraction of sp³-hybridized carbons (Fsp3) is 0.222. The van der Waals surface area contributed by atoms with Gasteiger partial charge in [-0.25, -0.2) is 9.78 Å². The summed E-state index contributed by atoms with van der Waals surface area (Å²) in [5.41, 5.74) is 7.19. The maximum Gasteiger partial charge on any atom is 0.334 e. The van der Waals surface area contributed by atoms with Crippen molar-refractivity contribution < 1.29 is 9.72 Å². The minimum atomic E-state index is -0.625. The predicted octanol–water partition coefficient (Wildman–Crippen LogP) is 3.58. The van der Waals surface area contributed by atoms with Crippen LogP contribution in [0.4, 0.5) is 16.3 Å². The van der Waals surface area contributed by atoms with Crippen LogP contribution < -0.4 is 16.2 Å². The van der Waals surface area contributed by atoms with Gasteiger partial charge < -0.3 is 5.32 Å². The van der Waals surface area contributed by atoms with Gasteiger partial charge in [-0.1, -0.05) is 30.4 Å². The number of anilines is 1. The second-order valence-corrected chi connectivity index (χ2v) is 6.35. The van der Waals surface area contributed by atoms with Crippen LogP contribution in [-0.2, 0) is 5.54 Å². The molecule has 0 atom stereocenters. The van der Waals surface area contributed by atoms with Gasteiger partial charge in [0.2, 0.25) is 0 Å². The molecule has 26 heavy (non-hydrogen) atoms. The largest absolute Gasteiger partial charge is 0.334 e. The average Bonchev–Trinajstić information content (AvgIpc) is 2.60. The SMILES string of the molecule is C=C(C)c1cccc(C(C)(C)NC(=O)NNc2ccc([N+](=O)[O-])cn2)c1. The first-order valence-electron chi connectivity index (χ1n) is 7.90. The number of nitrogens with zero attached hydrogens (tertiary/aromatic N) is 2. The van der Waals surface area contributed by atoms with Gasteiger partial charge in [0.1, 0.15) is 12.0 Å². The number of amides is 2. The highest BCUT2D eigenvalue weighted by molar-refractivity contribution is 5.76. The van der Waals surface area contributed by atoms with Gasteiger partial charge in [-0.2, -0.15) is 0 Å². The Morgan fingerprint density at radius 3 is 2.58 bits per heavy atom. The molecule has 2 aromatic rings. The number of pyridine rings is 1. The molecule has 0 fully saturated rings. The van der Waals surface area contributed by atoms with Crippen LogP contribution in [0.25, 0.3) is 5.57 Å². The zero-order valence-corrected chi connectivity index (χ0v) is 14.9. The number of hydrazine groups is 1. The molecule has 0 aliphatic carbocycles. The fourth-order valence-corrected chi connectivity index (χ4v) is 2.25. The highest BCUT2D eigenvalue weighted by Crippen LogP contribution is 2.23. The molecule has 1 aromatic carbocycles. The van der Waals surface area contributed by atoms with E-state index in [4.69, 9.17) is 0 Å². The lowest BCUT2D eigenvalue weighted by Crippen LogP contribution is -2.48. The van der Waals surface area contributed by atoms with Gasteiger partial charge in [-0.15, -0.1) is 0 Å². The van der Waals surface area contributed by atoms with E-state index in [9.17, 15) is 14.9 Å². The summed E-state index contributed by atoms with van der Waals surface area (Å²) in [6.45, 7) is 9.62. The van der Waals surface area contributed by atoms with Gasteiger partial charge in [0.15, 0.2) is 0 Å². The molecule has 1 heterocycles. The summed E-state index contributed by atoms with van der Waals surface area (Å²) in [4.78, 5) is 26.1. The van der Waals surface area contributed by atoms with Crippen molar-refractivity contribution in [1.29, 1.82) is 0 Å². The maximum atomic E-state index is 12.2. The van der Waals surface area contributed by atoms with Crippen molar-refractivity contribution >= 4 is 23.1 Å². The Balaban J connectivity index is 1.98. The Kier molecular flexibility index (Phi) is 5.56. The maximum absolute atomic E-state index is 12.2. The number of urea groups is 1. The van der Waals surface area contributed by atoms with E-state index in [2.05, 4.69) is 27.7 Å². The molecule has 2 amide bonds. The summed E-state index contributed by atoms with van der Waals surface area (Å²) in [6.07, 6.45) is 1.11. The topological polar surface area (TPSA) is 109 Å². The summed E-state index contributed by atoms with van der Waals surface area (Å²) >= 11 is 0. The summed E-state index contributed by atoms with van der Waals surface area (Å²) < 4.78 is 0. The number of rotatable bonds is 6. The second-order valence-electron chi connectivity index (χ2n) is 6.35. The van der Waals surface area contributed by atoms with Crippen LogP contribution in [0.3, 0.4) is 0 Å². The summed E-state index contributed by atoms with van der Waals surface area (Å²) in [7, 11) is 0. The normalized spacial score (nSPS) is 10.7. The number of hydrogen-bond acceptors (Lipinski definition) is 5. The molecule has 0 saturated heterocycles. The molecule has 0 bridgehead atoms. The van der Waals surface area contributed by atoms with E-state index in [1.165, 1.54) is 12.1 Å². The lowest BCUT2D eigenvalue weighted by molar-refractivity contribution is -0.385. The van der Waals surface area contributed by atoms with Crippen molar-refractivity contribution in [3.63, 3.8) is 0 Å². The zero-order valence-electron chi connectivity index (χ0n) is 14.9. The Morgan fingerprint density at radius 2 is 2.00 bits per heavy atom. The van der Waals surface area contributed by atoms with E-state index in [1.54, 1.807) is 0 Å². The number of hydrogen-bond donors (Lipinski definition) is 3. The van der Waals surface area contributed by atoms with Crippen LogP contribution in [-0.4, -0.2) is 15.9 Å². The van der Waals surface area contributed by atoms with E-state index in [0.29, 0.717) is 0 Å². The van der Waals surface area contributed by atoms with Crippen molar-refractivity contribution in [3.05, 3.63) is 70.4 Å². The highest BCUT2D eigenvalue weighted by atomic mass is 16.6. The first-order valence-corrected chi connectivity index (χ1v) is 7.90. The quantitative estimate of drug-likeness (QED) is 0.542. The van der Waals surface area contributed by atoms with Gasteiger partial charge >= 0.3 is 6.03 Å². The predicted molar refractivity (Wildman–Crippen MR) is 100 cm³/mol. The number of aromatic nitrogens is 1. The van der Waals surface area contributed by atoms with Gasteiger partial charge in [0, 0.05) is 6.07 Å². The molecule has 0 saturated carbocycles. The molecule has 0 aliphatic rings. The number of carbonyl (C=O) groups excluding carboxylic acids is 1. The van der Waals surface area contributed by atoms with Crippen molar-refractivity contribution in [1.82, 2.24) is 15.7 Å². The van der Waals surface area contributed by atoms with E-state index >= 15 is 0 Å². The van der Waals surface area contributed by atoms with E-state index in [0.717, 1.165) is 22.9 Å². The molecule has 0 spiro atoms. The van der Waals surface area contributed by atoms with E-state index in [-0.39, 0.29) is 11.5 Å². The van der Waals surface area contributed by atoms with Gasteiger partial charge in [0.25, 0.3) is 5.69 Å². The third-order valence-electron chi connectivity index (χ3n) is 3.77. The van der Waals surface area contributed by atoms with E-state index < -0.39 is 16.5 Å².